The minimum atomic E-state index is -2.72. The van der Waals surface area contributed by atoms with Crippen molar-refractivity contribution in [2.24, 2.45) is 5.92 Å². The fourth-order valence-electron chi connectivity index (χ4n) is 2.90. The van der Waals surface area contributed by atoms with E-state index >= 15 is 0 Å². The van der Waals surface area contributed by atoms with Crippen LogP contribution in [0.25, 0.3) is 10.9 Å². The normalized spacial score (nSPS) is 12.6. The van der Waals surface area contributed by atoms with Crippen LogP contribution in [-0.4, -0.2) is 17.1 Å². The summed E-state index contributed by atoms with van der Waals surface area (Å²) >= 11 is 0. The number of nitrogens with one attached hydrogen (secondary N) is 1. The van der Waals surface area contributed by atoms with Crippen LogP contribution in [0.4, 0.5) is 14.6 Å². The molecule has 1 aromatic heterocycles. The van der Waals surface area contributed by atoms with Crippen LogP contribution in [-0.2, 0) is 0 Å². The van der Waals surface area contributed by atoms with Gasteiger partial charge in [-0.1, -0.05) is 38.1 Å². The number of fused-ring (bicyclic) bond motifs is 1. The van der Waals surface area contributed by atoms with Gasteiger partial charge in [0.15, 0.2) is 5.82 Å². The number of alkyl halides is 2. The second kappa shape index (κ2) is 7.64. The number of halogens is 2. The number of para-hydroxylation sites is 1. The third-order valence-electron chi connectivity index (χ3n) is 4.25. The van der Waals surface area contributed by atoms with Gasteiger partial charge in [0.2, 0.25) is 0 Å². The Labute approximate surface area is 151 Å². The fourth-order valence-corrected chi connectivity index (χ4v) is 2.90. The van der Waals surface area contributed by atoms with Gasteiger partial charge < -0.3 is 10.1 Å². The average Bonchev–Trinajstić information content (AvgIpc) is 2.65. The number of methoxy groups -OCH3 is 1. The van der Waals surface area contributed by atoms with Gasteiger partial charge in [0.25, 0.3) is 6.43 Å². The van der Waals surface area contributed by atoms with Crippen LogP contribution in [0.15, 0.2) is 48.5 Å². The lowest BCUT2D eigenvalue weighted by Crippen LogP contribution is -2.18. The van der Waals surface area contributed by atoms with E-state index in [9.17, 15) is 8.78 Å². The van der Waals surface area contributed by atoms with Crippen molar-refractivity contribution in [2.45, 2.75) is 26.3 Å². The summed E-state index contributed by atoms with van der Waals surface area (Å²) in [5.41, 5.74) is 1.53. The number of hydrogen-bond donors (Lipinski definition) is 1. The van der Waals surface area contributed by atoms with Gasteiger partial charge in [-0.15, -0.1) is 0 Å². The summed E-state index contributed by atoms with van der Waals surface area (Å²) in [5, 5.41) is 4.06. The first-order chi connectivity index (χ1) is 12.5. The minimum Gasteiger partial charge on any atom is -0.497 e. The van der Waals surface area contributed by atoms with E-state index in [0.717, 1.165) is 16.7 Å². The smallest absolute Gasteiger partial charge is 0.297 e. The SMILES string of the molecule is COc1ccc(C(Nc2nc(C(F)F)nc3ccccc23)C(C)C)cc1. The number of anilines is 1. The zero-order valence-corrected chi connectivity index (χ0v) is 14.9. The van der Waals surface area contributed by atoms with Gasteiger partial charge in [0.05, 0.1) is 18.7 Å². The lowest BCUT2D eigenvalue weighted by atomic mass is 9.95. The zero-order chi connectivity index (χ0) is 18.7. The van der Waals surface area contributed by atoms with Gasteiger partial charge in [-0.2, -0.15) is 0 Å². The lowest BCUT2D eigenvalue weighted by molar-refractivity contribution is 0.141. The molecule has 1 heterocycles. The van der Waals surface area contributed by atoms with Gasteiger partial charge in [-0.3, -0.25) is 0 Å². The summed E-state index contributed by atoms with van der Waals surface area (Å²) < 4.78 is 31.6. The van der Waals surface area contributed by atoms with Crippen molar-refractivity contribution in [1.29, 1.82) is 0 Å². The van der Waals surface area contributed by atoms with Crippen molar-refractivity contribution >= 4 is 16.7 Å². The van der Waals surface area contributed by atoms with Gasteiger partial charge in [-0.25, -0.2) is 18.7 Å². The van der Waals surface area contributed by atoms with Crippen molar-refractivity contribution in [1.82, 2.24) is 9.97 Å². The predicted octanol–water partition coefficient (Wildman–Crippen LogP) is 5.39. The summed E-state index contributed by atoms with van der Waals surface area (Å²) in [7, 11) is 1.62. The summed E-state index contributed by atoms with van der Waals surface area (Å²) in [4.78, 5) is 8.05. The van der Waals surface area contributed by atoms with Crippen molar-refractivity contribution in [3.05, 3.63) is 59.9 Å². The van der Waals surface area contributed by atoms with Crippen molar-refractivity contribution in [2.75, 3.05) is 12.4 Å². The minimum absolute atomic E-state index is 0.0928. The highest BCUT2D eigenvalue weighted by molar-refractivity contribution is 5.89. The molecule has 0 fully saturated rings. The van der Waals surface area contributed by atoms with Gasteiger partial charge in [0, 0.05) is 5.39 Å². The molecule has 0 spiro atoms. The van der Waals surface area contributed by atoms with E-state index in [0.29, 0.717) is 11.3 Å². The summed E-state index contributed by atoms with van der Waals surface area (Å²) in [6.45, 7) is 4.14. The highest BCUT2D eigenvalue weighted by Crippen LogP contribution is 2.31. The first kappa shape index (κ1) is 18.0. The third kappa shape index (κ3) is 3.74. The van der Waals surface area contributed by atoms with Crippen molar-refractivity contribution in [3.63, 3.8) is 0 Å². The molecule has 1 atom stereocenters. The van der Waals surface area contributed by atoms with E-state index in [1.54, 1.807) is 19.2 Å². The van der Waals surface area contributed by atoms with Crippen molar-refractivity contribution < 1.29 is 13.5 Å². The molecule has 0 saturated heterocycles. The van der Waals surface area contributed by atoms with Gasteiger partial charge >= 0.3 is 0 Å². The fraction of sp³-hybridized carbons (Fsp3) is 0.300. The van der Waals surface area contributed by atoms with E-state index in [-0.39, 0.29) is 12.0 Å². The Morgan fingerprint density at radius 3 is 2.27 bits per heavy atom. The van der Waals surface area contributed by atoms with E-state index in [4.69, 9.17) is 4.74 Å². The van der Waals surface area contributed by atoms with E-state index in [2.05, 4.69) is 29.1 Å². The Kier molecular flexibility index (Phi) is 5.30. The molecule has 0 aliphatic carbocycles. The molecule has 0 amide bonds. The Balaban J connectivity index is 2.03. The Hall–Kier alpha value is -2.76. The molecule has 4 nitrogen and oxygen atoms in total. The first-order valence-electron chi connectivity index (χ1n) is 8.45. The average molecular weight is 357 g/mol. The van der Waals surface area contributed by atoms with Crippen LogP contribution in [0.1, 0.15) is 37.7 Å². The summed E-state index contributed by atoms with van der Waals surface area (Å²) in [6.07, 6.45) is -2.72. The quantitative estimate of drug-likeness (QED) is 0.643. The topological polar surface area (TPSA) is 47.0 Å². The van der Waals surface area contributed by atoms with Gasteiger partial charge in [-0.05, 0) is 35.7 Å². The van der Waals surface area contributed by atoms with E-state index < -0.39 is 12.2 Å². The van der Waals surface area contributed by atoms with Gasteiger partial charge in [0.1, 0.15) is 11.6 Å². The number of benzene rings is 2. The van der Waals surface area contributed by atoms with Crippen LogP contribution in [0, 0.1) is 5.92 Å². The molecule has 1 unspecified atom stereocenters. The van der Waals surface area contributed by atoms with Crippen LogP contribution in [0.5, 0.6) is 5.75 Å². The molecule has 0 radical (unpaired) electrons. The molecule has 0 bridgehead atoms. The van der Waals surface area contributed by atoms with Crippen LogP contribution < -0.4 is 10.1 Å². The molecule has 6 heteroatoms. The molecule has 0 aliphatic rings. The molecule has 0 aliphatic heterocycles. The molecule has 136 valence electrons. The second-order valence-electron chi connectivity index (χ2n) is 6.39. The summed E-state index contributed by atoms with van der Waals surface area (Å²) in [6, 6.07) is 14.8. The number of rotatable bonds is 6. The van der Waals surface area contributed by atoms with E-state index in [1.165, 1.54) is 0 Å². The Bertz CT molecular complexity index is 882. The third-order valence-corrected chi connectivity index (χ3v) is 4.25. The molecular formula is C20H21F2N3O. The number of hydrogen-bond acceptors (Lipinski definition) is 4. The molecule has 1 N–H and O–H groups in total. The van der Waals surface area contributed by atoms with Crippen LogP contribution in [0.3, 0.4) is 0 Å². The number of aromatic nitrogens is 2. The lowest BCUT2D eigenvalue weighted by Gasteiger charge is -2.24. The molecule has 2 aromatic carbocycles. The standard InChI is InChI=1S/C20H21F2N3O/c1-12(2)17(13-8-10-14(26-3)11-9-13)24-19-15-6-4-5-7-16(15)23-20(25-19)18(21)22/h4-12,17-18H,1-3H3,(H,23,24,25). The Morgan fingerprint density at radius 2 is 1.65 bits per heavy atom. The summed E-state index contributed by atoms with van der Waals surface area (Å²) in [5.74, 6) is 0.930. The predicted molar refractivity (Wildman–Crippen MR) is 98.7 cm³/mol. The monoisotopic (exact) mass is 357 g/mol. The molecule has 26 heavy (non-hydrogen) atoms. The maximum absolute atomic E-state index is 13.2. The van der Waals surface area contributed by atoms with Crippen LogP contribution >= 0.6 is 0 Å². The molecule has 3 aromatic rings. The Morgan fingerprint density at radius 1 is 0.962 bits per heavy atom. The first-order valence-corrected chi connectivity index (χ1v) is 8.45. The molecule has 0 saturated carbocycles. The number of nitrogens with zero attached hydrogens (tertiary/aromatic N) is 2. The van der Waals surface area contributed by atoms with Crippen LogP contribution in [0.2, 0.25) is 0 Å². The maximum atomic E-state index is 13.2. The molecule has 3 rings (SSSR count). The van der Waals surface area contributed by atoms with Crippen molar-refractivity contribution in [3.8, 4) is 5.75 Å². The second-order valence-corrected chi connectivity index (χ2v) is 6.39. The van der Waals surface area contributed by atoms with E-state index in [1.807, 2.05) is 36.4 Å². The zero-order valence-electron chi connectivity index (χ0n) is 14.9. The number of ether oxygens (including phenoxy) is 1. The highest BCUT2D eigenvalue weighted by Gasteiger charge is 2.20. The largest absolute Gasteiger partial charge is 0.497 e. The highest BCUT2D eigenvalue weighted by atomic mass is 19.3. The molecular weight excluding hydrogens is 336 g/mol. The maximum Gasteiger partial charge on any atom is 0.297 e.